The number of ether oxygens (including phenoxy) is 1. The largest absolute Gasteiger partial charge is 0.479 e. The van der Waals surface area contributed by atoms with Crippen LogP contribution in [0, 0.1) is 11.8 Å². The van der Waals surface area contributed by atoms with E-state index in [1.54, 1.807) is 20.8 Å². The first-order valence-electron chi connectivity index (χ1n) is 5.56. The Labute approximate surface area is 98.5 Å². The van der Waals surface area contributed by atoms with Crippen molar-refractivity contribution >= 4 is 12.1 Å². The lowest BCUT2D eigenvalue weighted by Crippen LogP contribution is -2.40. The van der Waals surface area contributed by atoms with Gasteiger partial charge in [0.25, 0.3) is 0 Å². The molecule has 17 heavy (non-hydrogen) atoms. The fourth-order valence-electron chi connectivity index (χ4n) is 2.36. The lowest BCUT2D eigenvalue weighted by atomic mass is 10.2. The Morgan fingerprint density at radius 3 is 2.18 bits per heavy atom. The number of carbonyl (C=O) groups is 2. The van der Waals surface area contributed by atoms with E-state index in [0.717, 1.165) is 0 Å². The maximum Gasteiger partial charge on any atom is 0.410 e. The Balaban J connectivity index is 1.92. The molecule has 2 unspecified atom stereocenters. The molecule has 2 atom stereocenters. The van der Waals surface area contributed by atoms with Crippen LogP contribution < -0.4 is 0 Å². The molecule has 2 fully saturated rings. The molecule has 0 bridgehead atoms. The Kier molecular flexibility index (Phi) is 2.38. The van der Waals surface area contributed by atoms with Crippen molar-refractivity contribution in [2.75, 3.05) is 13.1 Å². The van der Waals surface area contributed by atoms with Gasteiger partial charge in [-0.3, -0.25) is 0 Å². The molecule has 5 nitrogen and oxygen atoms in total. The molecular weight excluding hydrogens is 229 g/mol. The summed E-state index contributed by atoms with van der Waals surface area (Å²) in [5, 5.41) is 8.72. The minimum atomic E-state index is -2.13. The predicted octanol–water partition coefficient (Wildman–Crippen LogP) is 1.28. The number of nitrogens with zero attached hydrogens (tertiary/aromatic N) is 1. The van der Waals surface area contributed by atoms with E-state index in [0.29, 0.717) is 0 Å². The number of hydrogen-bond donors (Lipinski definition) is 1. The average Bonchev–Trinajstić information content (AvgIpc) is 2.60. The third-order valence-electron chi connectivity index (χ3n) is 3.27. The van der Waals surface area contributed by atoms with Crippen molar-refractivity contribution in [1.82, 2.24) is 4.90 Å². The molecule has 0 aromatic rings. The van der Waals surface area contributed by atoms with E-state index in [2.05, 4.69) is 0 Å². The smallest absolute Gasteiger partial charge is 0.410 e. The molecule has 2 rings (SSSR count). The lowest BCUT2D eigenvalue weighted by molar-refractivity contribution is -0.146. The number of fused-ring (bicyclic) bond motifs is 1. The van der Waals surface area contributed by atoms with Crippen LogP contribution in [0.25, 0.3) is 0 Å². The molecule has 1 saturated carbocycles. The fourth-order valence-corrected chi connectivity index (χ4v) is 2.36. The molecule has 1 saturated heterocycles. The summed E-state index contributed by atoms with van der Waals surface area (Å²) in [6.07, 6.45) is -0.502. The molecule has 96 valence electrons. The van der Waals surface area contributed by atoms with Crippen LogP contribution in [-0.4, -0.2) is 46.4 Å². The number of likely N-dealkylation sites (tertiary alicyclic amines) is 1. The van der Waals surface area contributed by atoms with E-state index in [1.165, 1.54) is 4.90 Å². The first-order valence-corrected chi connectivity index (χ1v) is 5.56. The van der Waals surface area contributed by atoms with Crippen LogP contribution in [0.3, 0.4) is 0 Å². The third kappa shape index (κ3) is 1.85. The third-order valence-corrected chi connectivity index (χ3v) is 3.27. The number of halogens is 1. The Morgan fingerprint density at radius 2 is 1.82 bits per heavy atom. The highest BCUT2D eigenvalue weighted by Crippen LogP contribution is 2.58. The highest BCUT2D eigenvalue weighted by Gasteiger charge is 2.75. The molecular formula is C11H16FNO4. The fraction of sp³-hybridized carbons (Fsp3) is 0.818. The number of rotatable bonds is 1. The quantitative estimate of drug-likeness (QED) is 0.755. The van der Waals surface area contributed by atoms with Crippen LogP contribution in [-0.2, 0) is 9.53 Å². The number of piperidine rings is 1. The molecule has 1 amide bonds. The number of carboxylic acid groups (broad SMARTS) is 1. The normalized spacial score (nSPS) is 35.4. The molecule has 0 spiro atoms. The monoisotopic (exact) mass is 245 g/mol. The first-order chi connectivity index (χ1) is 7.66. The Bertz CT molecular complexity index is 364. The van der Waals surface area contributed by atoms with Gasteiger partial charge in [0.15, 0.2) is 0 Å². The van der Waals surface area contributed by atoms with Gasteiger partial charge >= 0.3 is 12.1 Å². The van der Waals surface area contributed by atoms with Crippen LogP contribution in [0.15, 0.2) is 0 Å². The number of aliphatic carboxylic acids is 1. The SMILES string of the molecule is CC(C)(C)OC(=O)N1CC2C(C1)C2(F)C(=O)O. The summed E-state index contributed by atoms with van der Waals surface area (Å²) >= 11 is 0. The number of carbonyl (C=O) groups excluding carboxylic acids is 1. The summed E-state index contributed by atoms with van der Waals surface area (Å²) < 4.78 is 18.9. The number of hydrogen-bond acceptors (Lipinski definition) is 3. The van der Waals surface area contributed by atoms with E-state index in [1.807, 2.05) is 0 Å². The molecule has 0 radical (unpaired) electrons. The molecule has 6 heteroatoms. The van der Waals surface area contributed by atoms with Gasteiger partial charge in [-0.05, 0) is 20.8 Å². The van der Waals surface area contributed by atoms with E-state index in [4.69, 9.17) is 9.84 Å². The summed E-state index contributed by atoms with van der Waals surface area (Å²) in [6, 6.07) is 0. The molecule has 2 aliphatic rings. The summed E-state index contributed by atoms with van der Waals surface area (Å²) in [5.41, 5.74) is -2.72. The van der Waals surface area contributed by atoms with Gasteiger partial charge in [0.1, 0.15) is 5.60 Å². The second-order valence-electron chi connectivity index (χ2n) is 5.67. The zero-order chi connectivity index (χ0) is 13.0. The van der Waals surface area contributed by atoms with Gasteiger partial charge in [-0.15, -0.1) is 0 Å². The molecule has 0 aromatic heterocycles. The zero-order valence-electron chi connectivity index (χ0n) is 10.1. The number of amides is 1. The Hall–Kier alpha value is -1.33. The summed E-state index contributed by atoms with van der Waals surface area (Å²) in [7, 11) is 0. The van der Waals surface area contributed by atoms with Crippen LogP contribution in [0.5, 0.6) is 0 Å². The van der Waals surface area contributed by atoms with Crippen molar-refractivity contribution in [3.63, 3.8) is 0 Å². The molecule has 1 aliphatic carbocycles. The van der Waals surface area contributed by atoms with Crippen LogP contribution >= 0.6 is 0 Å². The molecule has 1 N–H and O–H groups in total. The van der Waals surface area contributed by atoms with Gasteiger partial charge in [0.05, 0.1) is 0 Å². The summed E-state index contributed by atoms with van der Waals surface area (Å²) in [5.74, 6) is -2.57. The van der Waals surface area contributed by atoms with E-state index in [9.17, 15) is 14.0 Å². The van der Waals surface area contributed by atoms with Gasteiger partial charge < -0.3 is 14.7 Å². The van der Waals surface area contributed by atoms with E-state index < -0.39 is 35.2 Å². The highest BCUT2D eigenvalue weighted by atomic mass is 19.1. The van der Waals surface area contributed by atoms with Gasteiger partial charge in [-0.25, -0.2) is 14.0 Å². The van der Waals surface area contributed by atoms with E-state index >= 15 is 0 Å². The summed E-state index contributed by atoms with van der Waals surface area (Å²) in [6.45, 7) is 5.50. The highest BCUT2D eigenvalue weighted by molar-refractivity contribution is 5.84. The Morgan fingerprint density at radius 1 is 1.35 bits per heavy atom. The molecule has 0 aromatic carbocycles. The minimum absolute atomic E-state index is 0.127. The average molecular weight is 245 g/mol. The van der Waals surface area contributed by atoms with Crippen molar-refractivity contribution < 1.29 is 23.8 Å². The number of alkyl halides is 1. The second kappa shape index (κ2) is 3.34. The zero-order valence-corrected chi connectivity index (χ0v) is 10.1. The minimum Gasteiger partial charge on any atom is -0.479 e. The van der Waals surface area contributed by atoms with Gasteiger partial charge in [-0.1, -0.05) is 0 Å². The first kappa shape index (κ1) is 12.1. The van der Waals surface area contributed by atoms with E-state index in [-0.39, 0.29) is 13.1 Å². The number of carboxylic acids is 1. The van der Waals surface area contributed by atoms with Gasteiger partial charge in [0.2, 0.25) is 5.67 Å². The topological polar surface area (TPSA) is 66.8 Å². The maximum absolute atomic E-state index is 13.7. The van der Waals surface area contributed by atoms with Crippen LogP contribution in [0.4, 0.5) is 9.18 Å². The van der Waals surface area contributed by atoms with Gasteiger partial charge in [-0.2, -0.15) is 0 Å². The maximum atomic E-state index is 13.7. The van der Waals surface area contributed by atoms with Crippen molar-refractivity contribution in [3.05, 3.63) is 0 Å². The van der Waals surface area contributed by atoms with Crippen molar-refractivity contribution in [2.24, 2.45) is 11.8 Å². The summed E-state index contributed by atoms with van der Waals surface area (Å²) in [4.78, 5) is 23.7. The standard InChI is InChI=1S/C11H16FNO4/c1-10(2,3)17-9(16)13-4-6-7(5-13)11(6,12)8(14)15/h6-7H,4-5H2,1-3H3,(H,14,15). The van der Waals surface area contributed by atoms with Crippen molar-refractivity contribution in [2.45, 2.75) is 32.0 Å². The lowest BCUT2D eigenvalue weighted by Gasteiger charge is -2.26. The molecule has 1 aliphatic heterocycles. The van der Waals surface area contributed by atoms with Crippen LogP contribution in [0.1, 0.15) is 20.8 Å². The second-order valence-corrected chi connectivity index (χ2v) is 5.67. The van der Waals surface area contributed by atoms with Crippen molar-refractivity contribution in [3.8, 4) is 0 Å². The van der Waals surface area contributed by atoms with Crippen LogP contribution in [0.2, 0.25) is 0 Å². The molecule has 1 heterocycles. The van der Waals surface area contributed by atoms with Crippen molar-refractivity contribution in [1.29, 1.82) is 0 Å². The van der Waals surface area contributed by atoms with Gasteiger partial charge in [0, 0.05) is 24.9 Å². The predicted molar refractivity (Wildman–Crippen MR) is 56.3 cm³/mol.